The number of carbonyl (C=O) groups is 2. The number of hydrogen-bond donors (Lipinski definition) is 4. The zero-order valence-corrected chi connectivity index (χ0v) is 30.4. The maximum atomic E-state index is 14.2. The molecule has 2 amide bonds. The van der Waals surface area contributed by atoms with Crippen LogP contribution in [0.2, 0.25) is 0 Å². The zero-order valence-electron chi connectivity index (χ0n) is 30.4. The van der Waals surface area contributed by atoms with E-state index >= 15 is 0 Å². The normalized spacial score (nSPS) is 41.6. The molecule has 1 heterocycles. The first kappa shape index (κ1) is 37.4. The van der Waals surface area contributed by atoms with E-state index in [1.807, 2.05) is 0 Å². The number of nitrogens with one attached hydrogen (secondary N) is 2. The second kappa shape index (κ2) is 15.6. The minimum Gasteiger partial charge on any atom is -0.394 e. The number of rotatable bonds is 12. The highest BCUT2D eigenvalue weighted by Crippen LogP contribution is 2.61. The third kappa shape index (κ3) is 7.45. The van der Waals surface area contributed by atoms with Crippen LogP contribution in [-0.4, -0.2) is 109 Å². The predicted octanol–water partition coefficient (Wildman–Crippen LogP) is 2.95. The van der Waals surface area contributed by atoms with Crippen LogP contribution < -0.4 is 10.6 Å². The number of fused-ring (bicyclic) bond motifs is 2. The average Bonchev–Trinajstić information content (AvgIpc) is 3.43. The highest BCUT2D eigenvalue weighted by molar-refractivity contribution is 5.83. The first-order valence-electron chi connectivity index (χ1n) is 18.7. The van der Waals surface area contributed by atoms with Gasteiger partial charge in [-0.25, -0.2) is 0 Å². The Bertz CT molecular complexity index is 1160. The van der Waals surface area contributed by atoms with Gasteiger partial charge < -0.3 is 30.5 Å². The van der Waals surface area contributed by atoms with Crippen LogP contribution in [0.5, 0.6) is 0 Å². The summed E-state index contributed by atoms with van der Waals surface area (Å²) in [6.07, 6.45) is 6.46. The fourth-order valence-electron chi connectivity index (χ4n) is 10.8. The van der Waals surface area contributed by atoms with Gasteiger partial charge in [0.1, 0.15) is 12.1 Å². The van der Waals surface area contributed by atoms with Gasteiger partial charge in [-0.15, -0.1) is 0 Å². The van der Waals surface area contributed by atoms with E-state index in [-0.39, 0.29) is 54.4 Å². The lowest BCUT2D eigenvalue weighted by Crippen LogP contribution is -2.62. The van der Waals surface area contributed by atoms with Gasteiger partial charge in [-0.05, 0) is 101 Å². The van der Waals surface area contributed by atoms with Crippen LogP contribution in [0.15, 0.2) is 0 Å². The molecule has 14 atom stereocenters. The Labute approximate surface area is 288 Å². The van der Waals surface area contributed by atoms with Crippen molar-refractivity contribution in [1.82, 2.24) is 20.6 Å². The quantitative estimate of drug-likeness (QED) is 0.230. The molecular weight excluding hydrogens is 610 g/mol. The number of methoxy groups -OCH3 is 1. The van der Waals surface area contributed by atoms with Crippen molar-refractivity contribution in [2.24, 2.45) is 52.8 Å². The zero-order chi connectivity index (χ0) is 34.9. The average molecular weight is 674 g/mol. The number of hydrogen-bond acceptors (Lipinski definition) is 9. The van der Waals surface area contributed by atoms with E-state index in [1.165, 1.54) is 6.42 Å². The SMILES string of the molecule is COC1C(CN2O[C@@H](CO)[C@@H]([C@H](C)O)[C@H]2C(=O)N[C@H]2C[C@H]3C[C@@H]([C@@H]2C)C3(C)C)CCCC1C1CC(C(=O)NCCC#N)CC(N(C)C)C1. The molecule has 11 nitrogen and oxygen atoms in total. The standard InChI is InChI=1S/C37H63N5O6/c1-21-29-17-26(37(29,3)4)18-30(21)40-36(46)33-32(22(2)44)31(20-43)48-42(33)19-23-10-8-11-28(34(23)47-7)24-14-25(16-27(15-24)41(5)6)35(45)39-13-9-12-38/h21-34,43-44H,8-11,13-20H2,1-7H3,(H,39,45)(H,40,46)/t21-,22-,23?,24?,25?,26+,27?,28?,29-,30-,31-,32+,33-,34?/m0/s1. The van der Waals surface area contributed by atoms with Crippen LogP contribution in [0.25, 0.3) is 0 Å². The summed E-state index contributed by atoms with van der Waals surface area (Å²) in [5.74, 6) is 1.44. The number of carbonyl (C=O) groups excluding carboxylic acids is 2. The van der Waals surface area contributed by atoms with Gasteiger partial charge in [0.05, 0.1) is 31.3 Å². The summed E-state index contributed by atoms with van der Waals surface area (Å²) >= 11 is 0. The molecule has 6 unspecified atom stereocenters. The van der Waals surface area contributed by atoms with Crippen LogP contribution in [0.3, 0.4) is 0 Å². The van der Waals surface area contributed by atoms with E-state index in [1.54, 1.807) is 19.1 Å². The number of aliphatic hydroxyl groups excluding tert-OH is 2. The monoisotopic (exact) mass is 673 g/mol. The van der Waals surface area contributed by atoms with Crippen molar-refractivity contribution in [3.63, 3.8) is 0 Å². The van der Waals surface area contributed by atoms with E-state index in [0.717, 1.165) is 44.9 Å². The van der Waals surface area contributed by atoms with Crippen molar-refractivity contribution in [1.29, 1.82) is 5.26 Å². The van der Waals surface area contributed by atoms with E-state index in [2.05, 4.69) is 56.5 Å². The number of ether oxygens (including phenoxy) is 1. The number of amides is 2. The third-order valence-corrected chi connectivity index (χ3v) is 13.7. The molecule has 0 aromatic rings. The Kier molecular flexibility index (Phi) is 12.2. The van der Waals surface area contributed by atoms with Gasteiger partial charge in [-0.2, -0.15) is 10.3 Å². The van der Waals surface area contributed by atoms with Crippen molar-refractivity contribution in [3.8, 4) is 6.07 Å². The van der Waals surface area contributed by atoms with Crippen molar-refractivity contribution < 1.29 is 29.4 Å². The van der Waals surface area contributed by atoms with Crippen LogP contribution in [0.1, 0.15) is 85.5 Å². The molecule has 5 aliphatic carbocycles. The number of nitriles is 1. The molecule has 0 aromatic carbocycles. The van der Waals surface area contributed by atoms with Gasteiger partial charge in [-0.1, -0.05) is 27.2 Å². The molecule has 48 heavy (non-hydrogen) atoms. The maximum absolute atomic E-state index is 14.2. The van der Waals surface area contributed by atoms with E-state index in [4.69, 9.17) is 14.8 Å². The van der Waals surface area contributed by atoms with Crippen LogP contribution in [-0.2, 0) is 19.2 Å². The van der Waals surface area contributed by atoms with Gasteiger partial charge in [0.25, 0.3) is 0 Å². The van der Waals surface area contributed by atoms with Crippen LogP contribution in [0, 0.1) is 64.1 Å². The molecule has 6 aliphatic rings. The molecule has 6 fully saturated rings. The maximum Gasteiger partial charge on any atom is 0.240 e. The van der Waals surface area contributed by atoms with Crippen molar-refractivity contribution in [3.05, 3.63) is 0 Å². The van der Waals surface area contributed by atoms with Crippen molar-refractivity contribution in [2.75, 3.05) is 40.9 Å². The van der Waals surface area contributed by atoms with Gasteiger partial charge >= 0.3 is 0 Å². The molecule has 1 aliphatic heterocycles. The molecule has 0 radical (unpaired) electrons. The topological polar surface area (TPSA) is 147 Å². The first-order valence-corrected chi connectivity index (χ1v) is 18.7. The molecule has 2 bridgehead atoms. The molecule has 1 saturated heterocycles. The van der Waals surface area contributed by atoms with Crippen molar-refractivity contribution in [2.45, 2.75) is 122 Å². The fraction of sp³-hybridized carbons (Fsp3) is 0.919. The van der Waals surface area contributed by atoms with E-state index in [0.29, 0.717) is 48.6 Å². The molecular formula is C37H63N5O6. The second-order valence-electron chi connectivity index (χ2n) is 16.8. The summed E-state index contributed by atoms with van der Waals surface area (Å²) in [7, 11) is 5.94. The lowest BCUT2D eigenvalue weighted by molar-refractivity contribution is -0.193. The highest BCUT2D eigenvalue weighted by atomic mass is 16.7. The summed E-state index contributed by atoms with van der Waals surface area (Å²) in [6, 6.07) is 1.76. The van der Waals surface area contributed by atoms with Crippen LogP contribution in [0.4, 0.5) is 0 Å². The van der Waals surface area contributed by atoms with Gasteiger partial charge in [0.15, 0.2) is 0 Å². The number of aliphatic hydroxyl groups is 2. The summed E-state index contributed by atoms with van der Waals surface area (Å²) < 4.78 is 6.31. The molecule has 6 rings (SSSR count). The Balaban J connectivity index is 1.31. The molecule has 11 heteroatoms. The summed E-state index contributed by atoms with van der Waals surface area (Å²) in [5.41, 5.74) is 0.312. The predicted molar refractivity (Wildman–Crippen MR) is 182 cm³/mol. The third-order valence-electron chi connectivity index (χ3n) is 13.7. The number of nitrogens with zero attached hydrogens (tertiary/aromatic N) is 3. The largest absolute Gasteiger partial charge is 0.394 e. The molecule has 0 aromatic heterocycles. The van der Waals surface area contributed by atoms with Gasteiger partial charge in [0.2, 0.25) is 11.8 Å². The minimum atomic E-state index is -0.835. The number of hydroxylamine groups is 2. The van der Waals surface area contributed by atoms with E-state index in [9.17, 15) is 19.8 Å². The summed E-state index contributed by atoms with van der Waals surface area (Å²) in [6.45, 7) is 9.22. The Morgan fingerprint density at radius 2 is 1.90 bits per heavy atom. The Morgan fingerprint density at radius 1 is 1.15 bits per heavy atom. The lowest BCUT2D eigenvalue weighted by Gasteiger charge is -2.62. The molecule has 272 valence electrons. The molecule has 0 spiro atoms. The van der Waals surface area contributed by atoms with Crippen molar-refractivity contribution >= 4 is 11.8 Å². The Morgan fingerprint density at radius 3 is 2.50 bits per heavy atom. The first-order chi connectivity index (χ1) is 22.8. The molecule has 5 saturated carbocycles. The fourth-order valence-corrected chi connectivity index (χ4v) is 10.8. The lowest BCUT2D eigenvalue weighted by atomic mass is 9.45. The Hall–Kier alpha value is -1.81. The minimum absolute atomic E-state index is 0.0369. The van der Waals surface area contributed by atoms with Gasteiger partial charge in [0, 0.05) is 50.0 Å². The van der Waals surface area contributed by atoms with Gasteiger partial charge in [-0.3, -0.25) is 14.4 Å². The smallest absolute Gasteiger partial charge is 0.240 e. The van der Waals surface area contributed by atoms with E-state index < -0.39 is 24.2 Å². The summed E-state index contributed by atoms with van der Waals surface area (Å²) in [4.78, 5) is 36.0. The summed E-state index contributed by atoms with van der Waals surface area (Å²) in [5, 5.41) is 38.3. The second-order valence-corrected chi connectivity index (χ2v) is 16.8. The van der Waals surface area contributed by atoms with Crippen LogP contribution >= 0.6 is 0 Å². The molecule has 4 N–H and O–H groups in total. The highest BCUT2D eigenvalue weighted by Gasteiger charge is 2.58.